The SMILES string of the molecule is CCCCCC[C@H]1CC[C@H]([C@H]2CC[C@H](C(=O)Oc3ccc(C(F)(F)F)cc3)CC2)CC1. The average molecular weight is 439 g/mol. The second-order valence-electron chi connectivity index (χ2n) is 9.69. The lowest BCUT2D eigenvalue weighted by Gasteiger charge is -2.37. The molecule has 0 saturated heterocycles. The molecule has 0 bridgehead atoms. The van der Waals surface area contributed by atoms with Crippen LogP contribution in [0.2, 0.25) is 0 Å². The van der Waals surface area contributed by atoms with E-state index in [0.29, 0.717) is 0 Å². The molecule has 2 aliphatic rings. The molecule has 5 heteroatoms. The van der Waals surface area contributed by atoms with Gasteiger partial charge in [-0.3, -0.25) is 4.79 Å². The number of unbranched alkanes of at least 4 members (excludes halogenated alkanes) is 3. The van der Waals surface area contributed by atoms with E-state index in [4.69, 9.17) is 4.74 Å². The van der Waals surface area contributed by atoms with Crippen LogP contribution in [0.1, 0.15) is 96.0 Å². The molecule has 0 N–H and O–H groups in total. The van der Waals surface area contributed by atoms with Crippen LogP contribution in [0.3, 0.4) is 0 Å². The van der Waals surface area contributed by atoms with Gasteiger partial charge >= 0.3 is 12.1 Å². The van der Waals surface area contributed by atoms with Crippen LogP contribution in [-0.2, 0) is 11.0 Å². The third-order valence-corrected chi connectivity index (χ3v) is 7.53. The molecule has 0 amide bonds. The van der Waals surface area contributed by atoms with Gasteiger partial charge in [0.15, 0.2) is 0 Å². The number of benzene rings is 1. The van der Waals surface area contributed by atoms with Gasteiger partial charge in [-0.15, -0.1) is 0 Å². The molecule has 0 aromatic heterocycles. The van der Waals surface area contributed by atoms with Crippen molar-refractivity contribution < 1.29 is 22.7 Å². The molecule has 2 nitrogen and oxygen atoms in total. The Labute approximate surface area is 184 Å². The first-order valence-electron chi connectivity index (χ1n) is 12.3. The minimum absolute atomic E-state index is 0.131. The molecule has 2 fully saturated rings. The van der Waals surface area contributed by atoms with Crippen LogP contribution >= 0.6 is 0 Å². The maximum absolute atomic E-state index is 12.7. The fourth-order valence-corrected chi connectivity index (χ4v) is 5.55. The van der Waals surface area contributed by atoms with Crippen LogP contribution in [0.4, 0.5) is 13.2 Å². The highest BCUT2D eigenvalue weighted by atomic mass is 19.4. The van der Waals surface area contributed by atoms with Gasteiger partial charge in [0, 0.05) is 0 Å². The molecule has 31 heavy (non-hydrogen) atoms. The Morgan fingerprint density at radius 3 is 2.00 bits per heavy atom. The average Bonchev–Trinajstić information content (AvgIpc) is 2.77. The molecule has 0 heterocycles. The Hall–Kier alpha value is -1.52. The van der Waals surface area contributed by atoms with Gasteiger partial charge in [-0.2, -0.15) is 13.2 Å². The number of hydrogen-bond acceptors (Lipinski definition) is 2. The van der Waals surface area contributed by atoms with E-state index in [1.54, 1.807) is 0 Å². The molecular weight excluding hydrogens is 401 g/mol. The summed E-state index contributed by atoms with van der Waals surface area (Å²) in [5.41, 5.74) is -0.733. The molecular formula is C26H37F3O2. The van der Waals surface area contributed by atoms with Gasteiger partial charge in [0.2, 0.25) is 0 Å². The van der Waals surface area contributed by atoms with E-state index < -0.39 is 11.7 Å². The number of alkyl halides is 3. The molecule has 0 spiro atoms. The number of rotatable bonds is 8. The summed E-state index contributed by atoms with van der Waals surface area (Å²) in [6.45, 7) is 2.26. The number of hydrogen-bond donors (Lipinski definition) is 0. The minimum atomic E-state index is -4.38. The lowest BCUT2D eigenvalue weighted by atomic mass is 9.68. The zero-order valence-corrected chi connectivity index (χ0v) is 18.8. The predicted molar refractivity (Wildman–Crippen MR) is 117 cm³/mol. The summed E-state index contributed by atoms with van der Waals surface area (Å²) in [5, 5.41) is 0. The van der Waals surface area contributed by atoms with E-state index in [1.165, 1.54) is 69.9 Å². The minimum Gasteiger partial charge on any atom is -0.426 e. The molecule has 174 valence electrons. The fourth-order valence-electron chi connectivity index (χ4n) is 5.55. The van der Waals surface area contributed by atoms with Gasteiger partial charge in [0.05, 0.1) is 11.5 Å². The van der Waals surface area contributed by atoms with Crippen LogP contribution in [0, 0.1) is 23.7 Å². The van der Waals surface area contributed by atoms with Crippen molar-refractivity contribution in [2.45, 2.75) is 96.6 Å². The van der Waals surface area contributed by atoms with Crippen molar-refractivity contribution in [2.24, 2.45) is 23.7 Å². The van der Waals surface area contributed by atoms with Crippen molar-refractivity contribution in [3.8, 4) is 5.75 Å². The van der Waals surface area contributed by atoms with Crippen molar-refractivity contribution in [3.05, 3.63) is 29.8 Å². The fraction of sp³-hybridized carbons (Fsp3) is 0.731. The Bertz CT molecular complexity index is 667. The summed E-state index contributed by atoms with van der Waals surface area (Å²) in [5.74, 6) is 2.21. The zero-order valence-electron chi connectivity index (χ0n) is 18.8. The van der Waals surface area contributed by atoms with E-state index in [-0.39, 0.29) is 17.6 Å². The molecule has 0 atom stereocenters. The molecule has 2 aliphatic carbocycles. The molecule has 2 saturated carbocycles. The largest absolute Gasteiger partial charge is 0.426 e. The Morgan fingerprint density at radius 2 is 1.45 bits per heavy atom. The second kappa shape index (κ2) is 11.4. The monoisotopic (exact) mass is 438 g/mol. The van der Waals surface area contributed by atoms with E-state index >= 15 is 0 Å². The zero-order chi connectivity index (χ0) is 22.3. The van der Waals surface area contributed by atoms with Gasteiger partial charge in [-0.1, -0.05) is 51.9 Å². The van der Waals surface area contributed by atoms with Crippen molar-refractivity contribution in [1.82, 2.24) is 0 Å². The Kier molecular flexibility index (Phi) is 8.85. The second-order valence-corrected chi connectivity index (χ2v) is 9.69. The molecule has 0 aliphatic heterocycles. The van der Waals surface area contributed by atoms with E-state index in [0.717, 1.165) is 55.6 Å². The summed E-state index contributed by atoms with van der Waals surface area (Å²) in [6.07, 6.45) is 11.7. The molecule has 1 aromatic rings. The Balaban J connectivity index is 1.37. The van der Waals surface area contributed by atoms with Crippen molar-refractivity contribution >= 4 is 5.97 Å². The quantitative estimate of drug-likeness (QED) is 0.232. The van der Waals surface area contributed by atoms with Gasteiger partial charge in [-0.25, -0.2) is 0 Å². The summed E-state index contributed by atoms with van der Waals surface area (Å²) < 4.78 is 43.3. The first-order valence-corrected chi connectivity index (χ1v) is 12.3. The summed E-state index contributed by atoms with van der Waals surface area (Å²) >= 11 is 0. The number of carbonyl (C=O) groups is 1. The first-order chi connectivity index (χ1) is 14.9. The van der Waals surface area contributed by atoms with Crippen LogP contribution in [-0.4, -0.2) is 5.97 Å². The first kappa shape index (κ1) is 24.1. The van der Waals surface area contributed by atoms with E-state index in [9.17, 15) is 18.0 Å². The van der Waals surface area contributed by atoms with Crippen LogP contribution in [0.25, 0.3) is 0 Å². The number of carbonyl (C=O) groups excluding carboxylic acids is 1. The van der Waals surface area contributed by atoms with Crippen molar-refractivity contribution in [2.75, 3.05) is 0 Å². The Morgan fingerprint density at radius 1 is 0.871 bits per heavy atom. The third-order valence-electron chi connectivity index (χ3n) is 7.53. The lowest BCUT2D eigenvalue weighted by Crippen LogP contribution is -2.30. The highest BCUT2D eigenvalue weighted by Gasteiger charge is 2.34. The van der Waals surface area contributed by atoms with Crippen LogP contribution in [0.5, 0.6) is 5.75 Å². The maximum Gasteiger partial charge on any atom is 0.416 e. The molecule has 0 unspecified atom stereocenters. The highest BCUT2D eigenvalue weighted by Crippen LogP contribution is 2.42. The highest BCUT2D eigenvalue weighted by molar-refractivity contribution is 5.75. The van der Waals surface area contributed by atoms with Gasteiger partial charge in [0.25, 0.3) is 0 Å². The smallest absolute Gasteiger partial charge is 0.416 e. The number of halogens is 3. The lowest BCUT2D eigenvalue weighted by molar-refractivity contribution is -0.140. The molecule has 0 radical (unpaired) electrons. The standard InChI is InChI=1S/C26H37F3O2/c1-2-3-4-5-6-19-7-9-20(10-8-19)21-11-13-22(14-12-21)25(30)31-24-17-15-23(16-18-24)26(27,28)29/h15-22H,2-14H2,1H3/t19-,20-,21-,22-. The third kappa shape index (κ3) is 7.25. The van der Waals surface area contributed by atoms with Gasteiger partial charge < -0.3 is 4.74 Å². The number of esters is 1. The van der Waals surface area contributed by atoms with Crippen molar-refractivity contribution in [3.63, 3.8) is 0 Å². The maximum atomic E-state index is 12.7. The normalized spacial score (nSPS) is 27.1. The summed E-state index contributed by atoms with van der Waals surface area (Å²) in [6, 6.07) is 4.37. The molecule has 3 rings (SSSR count). The van der Waals surface area contributed by atoms with Gasteiger partial charge in [-0.05, 0) is 80.5 Å². The van der Waals surface area contributed by atoms with Gasteiger partial charge in [0.1, 0.15) is 5.75 Å². The molecule has 1 aromatic carbocycles. The van der Waals surface area contributed by atoms with Crippen molar-refractivity contribution in [1.29, 1.82) is 0 Å². The topological polar surface area (TPSA) is 26.3 Å². The summed E-state index contributed by atoms with van der Waals surface area (Å²) in [7, 11) is 0. The summed E-state index contributed by atoms with van der Waals surface area (Å²) in [4.78, 5) is 12.5. The predicted octanol–water partition coefficient (Wildman–Crippen LogP) is 8.19. The van der Waals surface area contributed by atoms with E-state index in [2.05, 4.69) is 6.92 Å². The van der Waals surface area contributed by atoms with E-state index in [1.807, 2.05) is 0 Å². The number of ether oxygens (including phenoxy) is 1. The van der Waals surface area contributed by atoms with Crippen LogP contribution < -0.4 is 4.74 Å². The van der Waals surface area contributed by atoms with Crippen LogP contribution in [0.15, 0.2) is 24.3 Å².